The topological polar surface area (TPSA) is 21.7 Å². The Morgan fingerprint density at radius 1 is 1.00 bits per heavy atom. The van der Waals surface area contributed by atoms with Gasteiger partial charge in [-0.1, -0.05) is 24.3 Å². The van der Waals surface area contributed by atoms with Crippen LogP contribution in [-0.4, -0.2) is 32.1 Å². The average Bonchev–Trinajstić information content (AvgIpc) is 3.12. The van der Waals surface area contributed by atoms with Gasteiger partial charge >= 0.3 is 0 Å². The van der Waals surface area contributed by atoms with Crippen molar-refractivity contribution >= 4 is 23.5 Å². The van der Waals surface area contributed by atoms with Gasteiger partial charge in [0.25, 0.3) is 0 Å². The zero-order valence-corrected chi connectivity index (χ0v) is 18.2. The Balaban J connectivity index is 1.55. The molecule has 0 N–H and O–H groups in total. The van der Waals surface area contributed by atoms with Crippen LogP contribution in [-0.2, 0) is 11.3 Å². The molecule has 2 aliphatic rings. The third-order valence-corrected chi connectivity index (χ3v) is 6.60. The molecular formula is C26H25NO2S. The number of rotatable bonds is 6. The Kier molecular flexibility index (Phi) is 5.30. The highest BCUT2D eigenvalue weighted by Crippen LogP contribution is 2.41. The van der Waals surface area contributed by atoms with Gasteiger partial charge in [0, 0.05) is 27.1 Å². The summed E-state index contributed by atoms with van der Waals surface area (Å²) in [6.07, 6.45) is 9.12. The minimum Gasteiger partial charge on any atom is -0.464 e. The van der Waals surface area contributed by atoms with E-state index >= 15 is 0 Å². The first-order chi connectivity index (χ1) is 14.7. The van der Waals surface area contributed by atoms with Crippen LogP contribution < -0.4 is 15.2 Å². The van der Waals surface area contributed by atoms with E-state index in [2.05, 4.69) is 73.6 Å². The molecule has 152 valence electrons. The van der Waals surface area contributed by atoms with E-state index in [1.54, 1.807) is 6.26 Å². The molecule has 0 fully saturated rings. The monoisotopic (exact) mass is 415 g/mol. The number of hydrogen-bond donors (Lipinski definition) is 0. The number of ether oxygens (including phenoxy) is 2. The summed E-state index contributed by atoms with van der Waals surface area (Å²) in [4.78, 5) is 4.78. The highest BCUT2D eigenvalue weighted by atomic mass is 32.1. The summed E-state index contributed by atoms with van der Waals surface area (Å²) in [5.41, 5.74) is 5.07. The lowest BCUT2D eigenvalue weighted by Crippen LogP contribution is -2.16. The molecule has 1 aliphatic carbocycles. The van der Waals surface area contributed by atoms with E-state index in [9.17, 15) is 0 Å². The van der Waals surface area contributed by atoms with Crippen LogP contribution in [0.1, 0.15) is 16.9 Å². The van der Waals surface area contributed by atoms with Crippen molar-refractivity contribution in [1.29, 1.82) is 0 Å². The zero-order valence-electron chi connectivity index (χ0n) is 17.4. The van der Waals surface area contributed by atoms with Gasteiger partial charge in [-0.2, -0.15) is 0 Å². The van der Waals surface area contributed by atoms with Gasteiger partial charge in [-0.25, -0.2) is 0 Å². The van der Waals surface area contributed by atoms with Crippen LogP contribution in [0.3, 0.4) is 0 Å². The Bertz CT molecular complexity index is 1240. The number of allylic oxidation sites excluding steroid dienone is 1. The first-order valence-electron chi connectivity index (χ1n) is 10.3. The fourth-order valence-corrected chi connectivity index (χ4v) is 5.17. The second-order valence-electron chi connectivity index (χ2n) is 7.99. The van der Waals surface area contributed by atoms with Gasteiger partial charge in [0.05, 0.1) is 12.9 Å². The van der Waals surface area contributed by atoms with Gasteiger partial charge in [-0.3, -0.25) is 0 Å². The lowest BCUT2D eigenvalue weighted by Gasteiger charge is -2.09. The molecule has 2 heterocycles. The normalized spacial score (nSPS) is 13.3. The van der Waals surface area contributed by atoms with Gasteiger partial charge in [0.1, 0.15) is 5.75 Å². The summed E-state index contributed by atoms with van der Waals surface area (Å²) in [5.74, 6) is 0.910. The molecular weight excluding hydrogens is 390 g/mol. The van der Waals surface area contributed by atoms with E-state index in [1.165, 1.54) is 37.2 Å². The molecule has 0 atom stereocenters. The smallest absolute Gasteiger partial charge is 0.134 e. The molecule has 3 nitrogen and oxygen atoms in total. The van der Waals surface area contributed by atoms with Gasteiger partial charge in [0.2, 0.25) is 0 Å². The molecule has 0 spiro atoms. The van der Waals surface area contributed by atoms with Crippen molar-refractivity contribution in [2.45, 2.75) is 13.0 Å². The Morgan fingerprint density at radius 2 is 1.90 bits per heavy atom. The summed E-state index contributed by atoms with van der Waals surface area (Å²) in [6, 6.07) is 15.4. The number of thiophene rings is 1. The van der Waals surface area contributed by atoms with Crippen LogP contribution in [0.2, 0.25) is 0 Å². The zero-order chi connectivity index (χ0) is 20.5. The molecule has 4 heteroatoms. The van der Waals surface area contributed by atoms with Gasteiger partial charge in [-0.15, -0.1) is 11.3 Å². The molecule has 0 unspecified atom stereocenters. The van der Waals surface area contributed by atoms with E-state index in [0.717, 1.165) is 30.5 Å². The first-order valence-corrected chi connectivity index (χ1v) is 11.1. The standard InChI is InChI=1S/C26H25NO2S/c1-27(2)10-6-11-28-17-21-16-24-23-14-19-8-5-12-29-25(19)15-20(23)13-18-7-3-4-9-22(18)26(24)30-21/h3-5,7-9,12-16H,6,10-11,17H2,1-2H3. The number of hydrogen-bond acceptors (Lipinski definition) is 4. The van der Waals surface area contributed by atoms with Crippen molar-refractivity contribution in [1.82, 2.24) is 4.90 Å². The molecule has 30 heavy (non-hydrogen) atoms. The van der Waals surface area contributed by atoms with Crippen LogP contribution in [0.4, 0.5) is 0 Å². The molecule has 3 aromatic rings. The molecule has 0 bridgehead atoms. The summed E-state index contributed by atoms with van der Waals surface area (Å²) in [7, 11) is 4.19. The van der Waals surface area contributed by atoms with Crippen molar-refractivity contribution in [3.05, 3.63) is 75.7 Å². The van der Waals surface area contributed by atoms with Crippen molar-refractivity contribution in [3.63, 3.8) is 0 Å². The van der Waals surface area contributed by atoms with Gasteiger partial charge in [-0.05, 0) is 85.4 Å². The maximum Gasteiger partial charge on any atom is 0.134 e. The van der Waals surface area contributed by atoms with Crippen LogP contribution >= 0.6 is 11.3 Å². The first kappa shape index (κ1) is 19.3. The Hall–Kier alpha value is -2.66. The van der Waals surface area contributed by atoms with Gasteiger partial charge < -0.3 is 14.4 Å². The fraction of sp³-hybridized carbons (Fsp3) is 0.231. The minimum absolute atomic E-state index is 0.662. The van der Waals surface area contributed by atoms with Crippen LogP contribution in [0.5, 0.6) is 5.75 Å². The lowest BCUT2D eigenvalue weighted by molar-refractivity contribution is 0.115. The summed E-state index contributed by atoms with van der Waals surface area (Å²) < 4.78 is 11.7. The predicted molar refractivity (Wildman–Crippen MR) is 125 cm³/mol. The fourth-order valence-electron chi connectivity index (χ4n) is 4.02. The maximum atomic E-state index is 5.99. The second-order valence-corrected chi connectivity index (χ2v) is 9.12. The number of fused-ring (bicyclic) bond motifs is 6. The highest BCUT2D eigenvalue weighted by Gasteiger charge is 2.19. The lowest BCUT2D eigenvalue weighted by atomic mass is 10.0. The van der Waals surface area contributed by atoms with Crippen molar-refractivity contribution in [2.24, 2.45) is 0 Å². The third-order valence-electron chi connectivity index (χ3n) is 5.46. The molecule has 5 rings (SSSR count). The Morgan fingerprint density at radius 3 is 2.80 bits per heavy atom. The van der Waals surface area contributed by atoms with E-state index in [1.807, 2.05) is 17.4 Å². The summed E-state index contributed by atoms with van der Waals surface area (Å²) >= 11 is 1.85. The molecule has 0 saturated carbocycles. The second kappa shape index (κ2) is 8.23. The van der Waals surface area contributed by atoms with Crippen molar-refractivity contribution in [3.8, 4) is 27.3 Å². The number of nitrogens with zero attached hydrogens (tertiary/aromatic N) is 1. The van der Waals surface area contributed by atoms with Crippen molar-refractivity contribution < 1.29 is 9.47 Å². The van der Waals surface area contributed by atoms with E-state index in [4.69, 9.17) is 9.47 Å². The molecule has 0 saturated heterocycles. The minimum atomic E-state index is 0.662. The molecule has 2 aromatic carbocycles. The number of benzene rings is 2. The van der Waals surface area contributed by atoms with E-state index in [-0.39, 0.29) is 0 Å². The van der Waals surface area contributed by atoms with E-state index < -0.39 is 0 Å². The SMILES string of the molecule is CN(C)CCCOCc1cc2c(s1)-c1ccccc1C=c1cc3c(cc1-2)=CC=CO3. The maximum absolute atomic E-state index is 5.99. The van der Waals surface area contributed by atoms with E-state index in [0.29, 0.717) is 6.61 Å². The third kappa shape index (κ3) is 3.74. The summed E-state index contributed by atoms with van der Waals surface area (Å²) in [5, 5.41) is 2.31. The Labute approximate surface area is 181 Å². The molecule has 1 aromatic heterocycles. The van der Waals surface area contributed by atoms with Crippen LogP contribution in [0.15, 0.2) is 54.8 Å². The highest BCUT2D eigenvalue weighted by molar-refractivity contribution is 7.16. The quantitative estimate of drug-likeness (QED) is 0.436. The molecule has 1 aliphatic heterocycles. The predicted octanol–water partition coefficient (Wildman–Crippen LogP) is 4.38. The molecule has 0 amide bonds. The molecule has 0 radical (unpaired) electrons. The van der Waals surface area contributed by atoms with Crippen molar-refractivity contribution in [2.75, 3.05) is 27.2 Å². The van der Waals surface area contributed by atoms with Crippen LogP contribution in [0.25, 0.3) is 33.7 Å². The summed E-state index contributed by atoms with van der Waals surface area (Å²) in [6.45, 7) is 2.50. The largest absolute Gasteiger partial charge is 0.464 e. The van der Waals surface area contributed by atoms with Crippen LogP contribution in [0, 0.1) is 0 Å². The average molecular weight is 416 g/mol. The van der Waals surface area contributed by atoms with Gasteiger partial charge in [0.15, 0.2) is 0 Å².